The standard InChI is InChI=1S/C15H11N3O/c16-10-13(11-18-14-8-4-5-9-17-14)15(19)12-6-2-1-3-7-12/h1-9,11H,(H,17,18)/b13-11-. The fourth-order valence-electron chi connectivity index (χ4n) is 1.49. The van der Waals surface area contributed by atoms with E-state index in [1.807, 2.05) is 18.2 Å². The molecule has 0 atom stereocenters. The van der Waals surface area contributed by atoms with Crippen LogP contribution in [0, 0.1) is 11.3 Å². The van der Waals surface area contributed by atoms with Gasteiger partial charge in [0, 0.05) is 18.0 Å². The van der Waals surface area contributed by atoms with Gasteiger partial charge in [-0.25, -0.2) is 4.98 Å². The molecule has 0 saturated heterocycles. The van der Waals surface area contributed by atoms with E-state index in [2.05, 4.69) is 10.3 Å². The molecule has 0 amide bonds. The number of nitriles is 1. The summed E-state index contributed by atoms with van der Waals surface area (Å²) in [6, 6.07) is 15.9. The molecule has 0 fully saturated rings. The molecule has 2 aromatic rings. The van der Waals surface area contributed by atoms with E-state index in [1.165, 1.54) is 6.20 Å². The molecule has 0 aliphatic carbocycles. The first-order chi connectivity index (χ1) is 9.31. The third-order valence-corrected chi connectivity index (χ3v) is 2.43. The van der Waals surface area contributed by atoms with Gasteiger partial charge in [0.25, 0.3) is 0 Å². The number of nitrogens with one attached hydrogen (secondary N) is 1. The molecule has 1 aromatic carbocycles. The number of anilines is 1. The average molecular weight is 249 g/mol. The molecular formula is C15H11N3O. The number of carbonyl (C=O) groups is 1. The van der Waals surface area contributed by atoms with Crippen molar-refractivity contribution in [2.24, 2.45) is 0 Å². The van der Waals surface area contributed by atoms with Crippen LogP contribution >= 0.6 is 0 Å². The summed E-state index contributed by atoms with van der Waals surface area (Å²) in [6.45, 7) is 0. The minimum atomic E-state index is -0.313. The molecule has 1 N–H and O–H groups in total. The number of hydrogen-bond acceptors (Lipinski definition) is 4. The molecule has 0 radical (unpaired) electrons. The topological polar surface area (TPSA) is 65.8 Å². The van der Waals surface area contributed by atoms with Crippen LogP contribution in [-0.2, 0) is 0 Å². The minimum absolute atomic E-state index is 0.0388. The highest BCUT2D eigenvalue weighted by Crippen LogP contribution is 2.08. The summed E-state index contributed by atoms with van der Waals surface area (Å²) in [5.74, 6) is 0.266. The van der Waals surface area contributed by atoms with Crippen LogP contribution in [0.5, 0.6) is 0 Å². The molecule has 1 aromatic heterocycles. The second-order valence-electron chi connectivity index (χ2n) is 3.72. The van der Waals surface area contributed by atoms with Crippen molar-refractivity contribution in [3.05, 3.63) is 72.1 Å². The number of hydrogen-bond donors (Lipinski definition) is 1. The predicted molar refractivity (Wildman–Crippen MR) is 72.3 cm³/mol. The number of rotatable bonds is 4. The van der Waals surface area contributed by atoms with Crippen LogP contribution in [0.3, 0.4) is 0 Å². The normalized spacial score (nSPS) is 10.6. The van der Waals surface area contributed by atoms with Gasteiger partial charge in [0.2, 0.25) is 5.78 Å². The van der Waals surface area contributed by atoms with Crippen LogP contribution in [0.15, 0.2) is 66.5 Å². The molecule has 0 spiro atoms. The van der Waals surface area contributed by atoms with Gasteiger partial charge < -0.3 is 5.32 Å². The van der Waals surface area contributed by atoms with Gasteiger partial charge in [-0.05, 0) is 12.1 Å². The van der Waals surface area contributed by atoms with Crippen LogP contribution in [0.1, 0.15) is 10.4 Å². The van der Waals surface area contributed by atoms with E-state index >= 15 is 0 Å². The van der Waals surface area contributed by atoms with E-state index in [9.17, 15) is 4.79 Å². The van der Waals surface area contributed by atoms with Gasteiger partial charge in [-0.15, -0.1) is 0 Å². The first-order valence-electron chi connectivity index (χ1n) is 5.69. The summed E-state index contributed by atoms with van der Waals surface area (Å²) in [6.07, 6.45) is 3.00. The van der Waals surface area contributed by atoms with Crippen LogP contribution in [0.4, 0.5) is 5.82 Å². The largest absolute Gasteiger partial charge is 0.345 e. The Morgan fingerprint density at radius 2 is 1.89 bits per heavy atom. The first kappa shape index (κ1) is 12.5. The average Bonchev–Trinajstić information content (AvgIpc) is 2.49. The number of pyridine rings is 1. The van der Waals surface area contributed by atoms with E-state index in [0.29, 0.717) is 11.4 Å². The van der Waals surface area contributed by atoms with E-state index in [0.717, 1.165) is 0 Å². The molecule has 0 saturated carbocycles. The number of ketones is 1. The maximum absolute atomic E-state index is 12.0. The van der Waals surface area contributed by atoms with Crippen molar-refractivity contribution >= 4 is 11.6 Å². The van der Waals surface area contributed by atoms with Gasteiger partial charge in [0.05, 0.1) is 0 Å². The molecule has 0 bridgehead atoms. The van der Waals surface area contributed by atoms with Crippen LogP contribution < -0.4 is 5.32 Å². The quantitative estimate of drug-likeness (QED) is 0.514. The zero-order chi connectivity index (χ0) is 13.5. The molecule has 1 heterocycles. The van der Waals surface area contributed by atoms with Gasteiger partial charge in [-0.1, -0.05) is 36.4 Å². The van der Waals surface area contributed by atoms with Crippen LogP contribution in [-0.4, -0.2) is 10.8 Å². The predicted octanol–water partition coefficient (Wildman–Crippen LogP) is 2.78. The third kappa shape index (κ3) is 3.27. The van der Waals surface area contributed by atoms with Crippen LogP contribution in [0.25, 0.3) is 0 Å². The lowest BCUT2D eigenvalue weighted by molar-refractivity contribution is 0.103. The zero-order valence-electron chi connectivity index (χ0n) is 10.1. The number of benzene rings is 1. The Balaban J connectivity index is 2.17. The molecule has 4 nitrogen and oxygen atoms in total. The zero-order valence-corrected chi connectivity index (χ0v) is 10.1. The van der Waals surface area contributed by atoms with Crippen molar-refractivity contribution < 1.29 is 4.79 Å². The summed E-state index contributed by atoms with van der Waals surface area (Å²) in [5.41, 5.74) is 0.523. The summed E-state index contributed by atoms with van der Waals surface area (Å²) in [4.78, 5) is 16.1. The van der Waals surface area contributed by atoms with Crippen molar-refractivity contribution in [1.82, 2.24) is 4.98 Å². The number of carbonyl (C=O) groups excluding carboxylic acids is 1. The van der Waals surface area contributed by atoms with Gasteiger partial charge in [0.15, 0.2) is 0 Å². The minimum Gasteiger partial charge on any atom is -0.345 e. The summed E-state index contributed by atoms with van der Waals surface area (Å²) in [5, 5.41) is 11.9. The Bertz CT molecular complexity index is 627. The van der Waals surface area contributed by atoms with Gasteiger partial charge >= 0.3 is 0 Å². The Kier molecular flexibility index (Phi) is 4.04. The highest BCUT2D eigenvalue weighted by Gasteiger charge is 2.11. The van der Waals surface area contributed by atoms with Crippen molar-refractivity contribution in [3.63, 3.8) is 0 Å². The summed E-state index contributed by atoms with van der Waals surface area (Å²) in [7, 11) is 0. The van der Waals surface area contributed by atoms with E-state index in [1.54, 1.807) is 42.6 Å². The summed E-state index contributed by atoms with van der Waals surface area (Å²) >= 11 is 0. The van der Waals surface area contributed by atoms with Gasteiger partial charge in [0.1, 0.15) is 17.5 Å². The molecule has 92 valence electrons. The summed E-state index contributed by atoms with van der Waals surface area (Å²) < 4.78 is 0. The third-order valence-electron chi connectivity index (χ3n) is 2.43. The second kappa shape index (κ2) is 6.12. The monoisotopic (exact) mass is 249 g/mol. The van der Waals surface area contributed by atoms with E-state index in [-0.39, 0.29) is 11.4 Å². The molecule has 2 rings (SSSR count). The first-order valence-corrected chi connectivity index (χ1v) is 5.69. The molecule has 0 aliphatic heterocycles. The second-order valence-corrected chi connectivity index (χ2v) is 3.72. The molecule has 0 unspecified atom stereocenters. The molecule has 19 heavy (non-hydrogen) atoms. The Labute approximate surface area is 111 Å². The maximum Gasteiger partial charge on any atom is 0.205 e. The van der Waals surface area contributed by atoms with E-state index < -0.39 is 0 Å². The lowest BCUT2D eigenvalue weighted by atomic mass is 10.1. The van der Waals surface area contributed by atoms with Gasteiger partial charge in [-0.3, -0.25) is 4.79 Å². The van der Waals surface area contributed by atoms with Crippen LogP contribution in [0.2, 0.25) is 0 Å². The lowest BCUT2D eigenvalue weighted by Crippen LogP contribution is -2.04. The van der Waals surface area contributed by atoms with Crippen molar-refractivity contribution in [2.45, 2.75) is 0 Å². The van der Waals surface area contributed by atoms with Gasteiger partial charge in [-0.2, -0.15) is 5.26 Å². The maximum atomic E-state index is 12.0. The van der Waals surface area contributed by atoms with E-state index in [4.69, 9.17) is 5.26 Å². The molecule has 0 aliphatic rings. The lowest BCUT2D eigenvalue weighted by Gasteiger charge is -2.01. The fraction of sp³-hybridized carbons (Fsp3) is 0. The highest BCUT2D eigenvalue weighted by atomic mass is 16.1. The fourth-order valence-corrected chi connectivity index (χ4v) is 1.49. The van der Waals surface area contributed by atoms with Crippen molar-refractivity contribution in [1.29, 1.82) is 5.26 Å². The smallest absolute Gasteiger partial charge is 0.205 e. The van der Waals surface area contributed by atoms with Crippen molar-refractivity contribution in [2.75, 3.05) is 5.32 Å². The molecular weight excluding hydrogens is 238 g/mol. The number of Topliss-reactive ketones (excluding diaryl/α,β-unsaturated/α-hetero) is 1. The Morgan fingerprint density at radius 1 is 1.16 bits per heavy atom. The SMILES string of the molecule is N#C/C(=C/Nc1ccccn1)C(=O)c1ccccc1. The highest BCUT2D eigenvalue weighted by molar-refractivity contribution is 6.11. The van der Waals surface area contributed by atoms with Crippen molar-refractivity contribution in [3.8, 4) is 6.07 Å². The number of allylic oxidation sites excluding steroid dienone is 1. The number of nitrogens with zero attached hydrogens (tertiary/aromatic N) is 2. The molecule has 4 heteroatoms. The number of aromatic nitrogens is 1. The Morgan fingerprint density at radius 3 is 2.53 bits per heavy atom. The Hall–Kier alpha value is -2.93.